The second-order valence-corrected chi connectivity index (χ2v) is 8.66. The summed E-state index contributed by atoms with van der Waals surface area (Å²) in [5.41, 5.74) is 5.23. The number of anilines is 1. The molecule has 2 heterocycles. The van der Waals surface area contributed by atoms with Crippen molar-refractivity contribution in [3.8, 4) is 11.4 Å². The van der Waals surface area contributed by atoms with E-state index in [1.54, 1.807) is 11.8 Å². The van der Waals surface area contributed by atoms with Gasteiger partial charge in [0.25, 0.3) is 0 Å². The molecule has 2 aromatic carbocycles. The van der Waals surface area contributed by atoms with Crippen LogP contribution in [0.5, 0.6) is 5.75 Å². The zero-order chi connectivity index (χ0) is 20.5. The van der Waals surface area contributed by atoms with Crippen molar-refractivity contribution in [2.75, 3.05) is 11.1 Å². The molecule has 0 saturated carbocycles. The largest absolute Gasteiger partial charge is 0.491 e. The van der Waals surface area contributed by atoms with Crippen LogP contribution in [0, 0.1) is 13.8 Å². The number of aryl methyl sites for hydroxylation is 2. The highest BCUT2D eigenvalue weighted by Crippen LogP contribution is 2.44. The van der Waals surface area contributed by atoms with E-state index in [1.807, 2.05) is 49.7 Å². The van der Waals surface area contributed by atoms with Gasteiger partial charge in [-0.05, 0) is 57.5 Å². The Kier molecular flexibility index (Phi) is 5.37. The van der Waals surface area contributed by atoms with E-state index in [1.165, 1.54) is 5.56 Å². The number of nitrogens with zero attached hydrogens (tertiary/aromatic N) is 2. The minimum absolute atomic E-state index is 0.00762. The number of rotatable bonds is 4. The number of amides is 1. The summed E-state index contributed by atoms with van der Waals surface area (Å²) in [4.78, 5) is 12.5. The molecular weight excluding hydrogens is 382 g/mol. The number of hydrogen-bond donors (Lipinski definition) is 1. The third-order valence-electron chi connectivity index (χ3n) is 4.84. The van der Waals surface area contributed by atoms with Crippen LogP contribution in [0.2, 0.25) is 0 Å². The molecule has 0 spiro atoms. The Bertz CT molecular complexity index is 1020. The van der Waals surface area contributed by atoms with Gasteiger partial charge < -0.3 is 10.1 Å². The summed E-state index contributed by atoms with van der Waals surface area (Å²) >= 11 is 1.63. The summed E-state index contributed by atoms with van der Waals surface area (Å²) in [5, 5.41) is 7.87. The smallest absolute Gasteiger partial charge is 0.235 e. The van der Waals surface area contributed by atoms with Crippen molar-refractivity contribution in [3.63, 3.8) is 0 Å². The summed E-state index contributed by atoms with van der Waals surface area (Å²) < 4.78 is 7.62. The summed E-state index contributed by atoms with van der Waals surface area (Å²) in [6.07, 6.45) is 0.136. The molecule has 0 radical (unpaired) electrons. The van der Waals surface area contributed by atoms with Crippen molar-refractivity contribution in [3.05, 3.63) is 70.9 Å². The molecule has 0 aliphatic carbocycles. The van der Waals surface area contributed by atoms with Gasteiger partial charge in [-0.15, -0.1) is 11.8 Å². The first kappa shape index (κ1) is 19.6. The average molecular weight is 408 g/mol. The molecule has 5 nitrogen and oxygen atoms in total. The molecule has 0 saturated heterocycles. The van der Waals surface area contributed by atoms with Gasteiger partial charge in [-0.25, -0.2) is 4.68 Å². The number of carbonyl (C=O) groups is 1. The number of benzene rings is 2. The Morgan fingerprint density at radius 1 is 1.10 bits per heavy atom. The molecule has 0 bridgehead atoms. The fourth-order valence-corrected chi connectivity index (χ4v) is 4.70. The van der Waals surface area contributed by atoms with Crippen LogP contribution >= 0.6 is 11.8 Å². The number of thioether (sulfide) groups is 1. The number of carbonyl (C=O) groups excluding carboxylic acids is 1. The Balaban J connectivity index is 1.77. The Labute approximate surface area is 175 Å². The Morgan fingerprint density at radius 3 is 2.45 bits per heavy atom. The zero-order valence-electron chi connectivity index (χ0n) is 17.1. The van der Waals surface area contributed by atoms with E-state index in [4.69, 9.17) is 9.84 Å². The molecule has 1 aliphatic heterocycles. The highest BCUT2D eigenvalue weighted by molar-refractivity contribution is 8.00. The van der Waals surface area contributed by atoms with Crippen LogP contribution in [0.1, 0.15) is 41.5 Å². The quantitative estimate of drug-likeness (QED) is 0.657. The number of aromatic nitrogens is 2. The third kappa shape index (κ3) is 4.03. The van der Waals surface area contributed by atoms with E-state index in [0.29, 0.717) is 5.75 Å². The molecule has 3 aromatic rings. The lowest BCUT2D eigenvalue weighted by atomic mass is 10.0. The van der Waals surface area contributed by atoms with Gasteiger partial charge in [0.05, 0.1) is 28.5 Å². The first-order valence-electron chi connectivity index (χ1n) is 9.77. The van der Waals surface area contributed by atoms with Crippen LogP contribution in [0.4, 0.5) is 5.82 Å². The summed E-state index contributed by atoms with van der Waals surface area (Å²) in [5.74, 6) is 2.00. The molecule has 1 aliphatic rings. The minimum atomic E-state index is -0.00762. The molecule has 1 N–H and O–H groups in total. The van der Waals surface area contributed by atoms with Crippen molar-refractivity contribution in [1.29, 1.82) is 0 Å². The molecule has 1 amide bonds. The molecule has 6 heteroatoms. The predicted octanol–water partition coefficient (Wildman–Crippen LogP) is 5.05. The highest BCUT2D eigenvalue weighted by Gasteiger charge is 2.30. The van der Waals surface area contributed by atoms with E-state index in [2.05, 4.69) is 36.5 Å². The van der Waals surface area contributed by atoms with Gasteiger partial charge in [0.1, 0.15) is 11.6 Å². The number of nitrogens with one attached hydrogen (secondary N) is 1. The van der Waals surface area contributed by atoms with Gasteiger partial charge in [0, 0.05) is 5.56 Å². The molecule has 150 valence electrons. The molecule has 0 fully saturated rings. The van der Waals surface area contributed by atoms with Crippen LogP contribution in [-0.4, -0.2) is 27.5 Å². The lowest BCUT2D eigenvalue weighted by Crippen LogP contribution is -2.15. The molecule has 1 aromatic heterocycles. The van der Waals surface area contributed by atoms with Crippen LogP contribution in [0.15, 0.2) is 48.5 Å². The van der Waals surface area contributed by atoms with E-state index < -0.39 is 0 Å². The third-order valence-corrected chi connectivity index (χ3v) is 6.11. The fourth-order valence-electron chi connectivity index (χ4n) is 3.51. The van der Waals surface area contributed by atoms with Crippen molar-refractivity contribution >= 4 is 23.5 Å². The van der Waals surface area contributed by atoms with Crippen molar-refractivity contribution in [2.24, 2.45) is 0 Å². The number of fused-ring (bicyclic) bond motifs is 1. The predicted molar refractivity (Wildman–Crippen MR) is 118 cm³/mol. The molecule has 1 atom stereocenters. The first-order valence-corrected chi connectivity index (χ1v) is 10.8. The fraction of sp³-hybridized carbons (Fsp3) is 0.304. The Hall–Kier alpha value is -2.73. The van der Waals surface area contributed by atoms with Crippen molar-refractivity contribution in [2.45, 2.75) is 39.0 Å². The Morgan fingerprint density at radius 2 is 1.79 bits per heavy atom. The van der Waals surface area contributed by atoms with Crippen molar-refractivity contribution in [1.82, 2.24) is 9.78 Å². The van der Waals surface area contributed by atoms with E-state index in [9.17, 15) is 4.79 Å². The minimum Gasteiger partial charge on any atom is -0.491 e. The van der Waals surface area contributed by atoms with E-state index >= 15 is 0 Å². The second-order valence-electron chi connectivity index (χ2n) is 7.57. The number of ether oxygens (including phenoxy) is 1. The summed E-state index contributed by atoms with van der Waals surface area (Å²) in [6.45, 7) is 8.09. The maximum Gasteiger partial charge on any atom is 0.235 e. The van der Waals surface area contributed by atoms with Crippen LogP contribution < -0.4 is 10.1 Å². The van der Waals surface area contributed by atoms with Crippen LogP contribution in [0.3, 0.4) is 0 Å². The zero-order valence-corrected chi connectivity index (χ0v) is 17.9. The standard InChI is InChI=1S/C23H25N3O2S/c1-14(2)28-19-11-7-17(8-12-19)22-21-16(4)25-26(18-9-5-15(3)6-10-18)23(21)24-20(27)13-29-22/h5-12,14,22H,13H2,1-4H3,(H,24,27). The van der Waals surface area contributed by atoms with Crippen LogP contribution in [-0.2, 0) is 4.79 Å². The van der Waals surface area contributed by atoms with E-state index in [0.717, 1.165) is 34.1 Å². The lowest BCUT2D eigenvalue weighted by molar-refractivity contribution is -0.113. The van der Waals surface area contributed by atoms with Gasteiger partial charge in [0.15, 0.2) is 0 Å². The second kappa shape index (κ2) is 7.95. The maximum atomic E-state index is 12.5. The maximum absolute atomic E-state index is 12.5. The summed E-state index contributed by atoms with van der Waals surface area (Å²) in [7, 11) is 0. The summed E-state index contributed by atoms with van der Waals surface area (Å²) in [6, 6.07) is 16.3. The van der Waals surface area contributed by atoms with Gasteiger partial charge in [-0.3, -0.25) is 4.79 Å². The molecule has 4 rings (SSSR count). The molecule has 1 unspecified atom stereocenters. The van der Waals surface area contributed by atoms with Gasteiger partial charge in [0.2, 0.25) is 5.91 Å². The van der Waals surface area contributed by atoms with Gasteiger partial charge >= 0.3 is 0 Å². The number of hydrogen-bond acceptors (Lipinski definition) is 4. The van der Waals surface area contributed by atoms with Crippen LogP contribution in [0.25, 0.3) is 5.69 Å². The van der Waals surface area contributed by atoms with Gasteiger partial charge in [-0.1, -0.05) is 29.8 Å². The van der Waals surface area contributed by atoms with E-state index in [-0.39, 0.29) is 17.3 Å². The topological polar surface area (TPSA) is 56.2 Å². The lowest BCUT2D eigenvalue weighted by Gasteiger charge is -2.16. The molecular formula is C23H25N3O2S. The molecule has 29 heavy (non-hydrogen) atoms. The normalized spacial score (nSPS) is 16.3. The van der Waals surface area contributed by atoms with Gasteiger partial charge in [-0.2, -0.15) is 5.10 Å². The SMILES string of the molecule is Cc1ccc(-n2nc(C)c3c2NC(=O)CSC3c2ccc(OC(C)C)cc2)cc1. The van der Waals surface area contributed by atoms with Crippen molar-refractivity contribution < 1.29 is 9.53 Å². The highest BCUT2D eigenvalue weighted by atomic mass is 32.2. The monoisotopic (exact) mass is 407 g/mol. The average Bonchev–Trinajstić information content (AvgIpc) is 2.89. The first-order chi connectivity index (χ1) is 13.9.